The van der Waals surface area contributed by atoms with Crippen LogP contribution in [0.3, 0.4) is 0 Å². The molecule has 6 nitrogen and oxygen atoms in total. The highest BCUT2D eigenvalue weighted by atomic mass is 35.5. The van der Waals surface area contributed by atoms with Crippen molar-refractivity contribution in [3.8, 4) is 11.5 Å². The first-order valence-corrected chi connectivity index (χ1v) is 8.44. The second-order valence-corrected chi connectivity index (χ2v) is 6.30. The van der Waals surface area contributed by atoms with E-state index in [9.17, 15) is 9.59 Å². The van der Waals surface area contributed by atoms with Crippen LogP contribution in [0.2, 0.25) is 5.02 Å². The third-order valence-corrected chi connectivity index (χ3v) is 4.60. The maximum atomic E-state index is 11.9. The molecule has 1 aliphatic rings. The fourth-order valence-electron chi connectivity index (χ4n) is 2.80. The smallest absolute Gasteiger partial charge is 0.253 e. The summed E-state index contributed by atoms with van der Waals surface area (Å²) in [7, 11) is 0. The average Bonchev–Trinajstić information content (AvgIpc) is 3.12. The molecule has 0 saturated heterocycles. The van der Waals surface area contributed by atoms with Gasteiger partial charge in [0.1, 0.15) is 11.4 Å². The van der Waals surface area contributed by atoms with Crippen molar-refractivity contribution in [3.63, 3.8) is 0 Å². The summed E-state index contributed by atoms with van der Waals surface area (Å²) in [6.45, 7) is 0.964. The number of halogens is 1. The Morgan fingerprint density at radius 1 is 0.885 bits per heavy atom. The van der Waals surface area contributed by atoms with Gasteiger partial charge in [-0.1, -0.05) is 35.9 Å². The fraction of sp³-hybridized carbons (Fsp3) is 0.158. The van der Waals surface area contributed by atoms with E-state index < -0.39 is 10.9 Å². The fourth-order valence-corrected chi connectivity index (χ4v) is 3.00. The third-order valence-electron chi connectivity index (χ3n) is 4.23. The molecule has 0 aromatic heterocycles. The quantitative estimate of drug-likeness (QED) is 0.650. The number of rotatable bonds is 6. The van der Waals surface area contributed by atoms with Crippen LogP contribution in [0.5, 0.6) is 11.5 Å². The van der Waals surface area contributed by atoms with Gasteiger partial charge in [-0.15, -0.1) is 0 Å². The Hall–Kier alpha value is -2.99. The monoisotopic (exact) mass is 370 g/mol. The molecule has 26 heavy (non-hydrogen) atoms. The van der Waals surface area contributed by atoms with Crippen LogP contribution in [0.4, 0.5) is 11.4 Å². The minimum absolute atomic E-state index is 0.209. The summed E-state index contributed by atoms with van der Waals surface area (Å²) in [5, 5.41) is 6.63. The van der Waals surface area contributed by atoms with Crippen molar-refractivity contribution in [2.45, 2.75) is 13.1 Å². The molecule has 1 aliphatic heterocycles. The number of fused-ring (bicyclic) bond motifs is 1. The highest BCUT2D eigenvalue weighted by Gasteiger charge is 2.21. The van der Waals surface area contributed by atoms with E-state index in [1.165, 1.54) is 0 Å². The molecule has 0 atom stereocenters. The summed E-state index contributed by atoms with van der Waals surface area (Å²) in [6.07, 6.45) is 0. The van der Waals surface area contributed by atoms with E-state index in [1.54, 1.807) is 6.07 Å². The summed E-state index contributed by atoms with van der Waals surface area (Å²) in [5.41, 5.74) is 1.30. The minimum Gasteiger partial charge on any atom is -0.454 e. The molecule has 132 valence electrons. The van der Waals surface area contributed by atoms with Gasteiger partial charge in [0.2, 0.25) is 6.79 Å². The van der Waals surface area contributed by atoms with Crippen molar-refractivity contribution in [3.05, 3.63) is 79.1 Å². The predicted octanol–water partition coefficient (Wildman–Crippen LogP) is 2.89. The maximum absolute atomic E-state index is 11.9. The molecule has 0 unspecified atom stereocenters. The van der Waals surface area contributed by atoms with Crippen LogP contribution in [-0.2, 0) is 13.1 Å². The highest BCUT2D eigenvalue weighted by Crippen LogP contribution is 2.32. The van der Waals surface area contributed by atoms with E-state index in [1.807, 2.05) is 36.4 Å². The second-order valence-electron chi connectivity index (χ2n) is 5.89. The summed E-state index contributed by atoms with van der Waals surface area (Å²) in [4.78, 5) is 23.7. The zero-order chi connectivity index (χ0) is 18.1. The van der Waals surface area contributed by atoms with Gasteiger partial charge < -0.3 is 20.1 Å². The van der Waals surface area contributed by atoms with Crippen molar-refractivity contribution in [2.24, 2.45) is 0 Å². The van der Waals surface area contributed by atoms with Gasteiger partial charge in [-0.25, -0.2) is 0 Å². The first-order chi connectivity index (χ1) is 12.6. The van der Waals surface area contributed by atoms with E-state index in [2.05, 4.69) is 10.6 Å². The van der Waals surface area contributed by atoms with Crippen LogP contribution in [0, 0.1) is 0 Å². The highest BCUT2D eigenvalue weighted by molar-refractivity contribution is 6.31. The van der Waals surface area contributed by atoms with E-state index in [-0.39, 0.29) is 12.5 Å². The lowest BCUT2D eigenvalue weighted by Crippen LogP contribution is -2.37. The molecule has 3 aromatic carbocycles. The lowest BCUT2D eigenvalue weighted by molar-refractivity contribution is 0.174. The van der Waals surface area contributed by atoms with E-state index in [0.29, 0.717) is 35.3 Å². The Kier molecular flexibility index (Phi) is 4.26. The van der Waals surface area contributed by atoms with Crippen molar-refractivity contribution in [1.29, 1.82) is 0 Å². The van der Waals surface area contributed by atoms with Gasteiger partial charge in [0, 0.05) is 18.1 Å². The Labute approximate surface area is 154 Å². The molecule has 3 aromatic rings. The predicted molar refractivity (Wildman–Crippen MR) is 100 cm³/mol. The SMILES string of the molecule is O=c1c(NCc2ccc3c(c2)OCO3)c(NCc2ccccc2Cl)c1=O. The van der Waals surface area contributed by atoms with Crippen LogP contribution < -0.4 is 31.0 Å². The first kappa shape index (κ1) is 16.5. The molecule has 0 bridgehead atoms. The number of ether oxygens (including phenoxy) is 2. The van der Waals surface area contributed by atoms with Crippen LogP contribution in [0.25, 0.3) is 0 Å². The molecule has 0 aliphatic carbocycles. The summed E-state index contributed by atoms with van der Waals surface area (Å²) < 4.78 is 10.6. The molecule has 0 fully saturated rings. The van der Waals surface area contributed by atoms with Crippen molar-refractivity contribution < 1.29 is 9.47 Å². The molecular weight excluding hydrogens is 356 g/mol. The zero-order valence-electron chi connectivity index (χ0n) is 13.7. The Morgan fingerprint density at radius 3 is 2.35 bits per heavy atom. The lowest BCUT2D eigenvalue weighted by atomic mass is 10.1. The molecule has 0 radical (unpaired) electrons. The van der Waals surface area contributed by atoms with Gasteiger partial charge in [-0.05, 0) is 29.3 Å². The third kappa shape index (κ3) is 2.99. The molecule has 1 heterocycles. The van der Waals surface area contributed by atoms with Crippen molar-refractivity contribution in [2.75, 3.05) is 17.4 Å². The molecule has 4 rings (SSSR count). The zero-order valence-corrected chi connectivity index (χ0v) is 14.4. The van der Waals surface area contributed by atoms with Gasteiger partial charge in [0.05, 0.1) is 0 Å². The number of nitrogens with one attached hydrogen (secondary N) is 2. The first-order valence-electron chi connectivity index (χ1n) is 8.06. The second kappa shape index (κ2) is 6.72. The van der Waals surface area contributed by atoms with Crippen molar-refractivity contribution >= 4 is 23.0 Å². The van der Waals surface area contributed by atoms with Gasteiger partial charge in [-0.2, -0.15) is 0 Å². The molecule has 0 spiro atoms. The molecule has 7 heteroatoms. The number of hydrogen-bond acceptors (Lipinski definition) is 6. The average molecular weight is 371 g/mol. The topological polar surface area (TPSA) is 76.7 Å². The minimum atomic E-state index is -0.523. The summed E-state index contributed by atoms with van der Waals surface area (Å²) in [5.74, 6) is 1.37. The van der Waals surface area contributed by atoms with Gasteiger partial charge >= 0.3 is 0 Å². The molecule has 0 amide bonds. The van der Waals surface area contributed by atoms with Gasteiger partial charge in [0.15, 0.2) is 11.5 Å². The van der Waals surface area contributed by atoms with E-state index >= 15 is 0 Å². The number of anilines is 2. The Bertz CT molecular complexity index is 1040. The van der Waals surface area contributed by atoms with Crippen LogP contribution in [-0.4, -0.2) is 6.79 Å². The van der Waals surface area contributed by atoms with Crippen LogP contribution >= 0.6 is 11.6 Å². The standard InChI is InChI=1S/C19H15ClN2O4/c20-13-4-2-1-3-12(13)9-22-17-16(18(23)19(17)24)21-8-11-5-6-14-15(7-11)26-10-25-14/h1-7,21-22H,8-10H2. The number of benzene rings is 2. The largest absolute Gasteiger partial charge is 0.454 e. The summed E-state index contributed by atoms with van der Waals surface area (Å²) >= 11 is 6.11. The Morgan fingerprint density at radius 2 is 1.58 bits per heavy atom. The van der Waals surface area contributed by atoms with Gasteiger partial charge in [0.25, 0.3) is 10.9 Å². The summed E-state index contributed by atoms with van der Waals surface area (Å²) in [6, 6.07) is 12.9. The normalized spacial score (nSPS) is 12.3. The van der Waals surface area contributed by atoms with Crippen LogP contribution in [0.1, 0.15) is 11.1 Å². The Balaban J connectivity index is 1.45. The molecule has 2 N–H and O–H groups in total. The number of hydrogen-bond donors (Lipinski definition) is 2. The molecular formula is C19H15ClN2O4. The van der Waals surface area contributed by atoms with Gasteiger partial charge in [-0.3, -0.25) is 9.59 Å². The molecule has 0 saturated carbocycles. The lowest BCUT2D eigenvalue weighted by Gasteiger charge is -2.15. The van der Waals surface area contributed by atoms with E-state index in [0.717, 1.165) is 11.1 Å². The maximum Gasteiger partial charge on any atom is 0.253 e. The van der Waals surface area contributed by atoms with Crippen LogP contribution in [0.15, 0.2) is 52.1 Å². The van der Waals surface area contributed by atoms with Crippen molar-refractivity contribution in [1.82, 2.24) is 0 Å². The van der Waals surface area contributed by atoms with E-state index in [4.69, 9.17) is 21.1 Å².